The Morgan fingerprint density at radius 2 is 1.38 bits per heavy atom. The first kappa shape index (κ1) is 19.8. The van der Waals surface area contributed by atoms with E-state index in [9.17, 15) is 18.0 Å². The van der Waals surface area contributed by atoms with E-state index in [0.29, 0.717) is 12.1 Å². The third-order valence-corrected chi connectivity index (χ3v) is 3.64. The highest BCUT2D eigenvalue weighted by atomic mass is 19.4. The molecule has 0 aromatic heterocycles. The molecule has 2 aromatic rings. The predicted molar refractivity (Wildman–Crippen MR) is 95.4 cm³/mol. The summed E-state index contributed by atoms with van der Waals surface area (Å²) < 4.78 is 38.1. The monoisotopic (exact) mass is 364 g/mol. The molecule has 0 aliphatic heterocycles. The molecule has 0 saturated carbocycles. The van der Waals surface area contributed by atoms with Crippen LogP contribution < -0.4 is 5.32 Å². The van der Waals surface area contributed by atoms with Crippen molar-refractivity contribution >= 4 is 6.03 Å². The molecule has 0 atom stereocenters. The zero-order chi connectivity index (χ0) is 19.4. The second-order valence-electron chi connectivity index (χ2n) is 7.22. The van der Waals surface area contributed by atoms with E-state index in [1.54, 1.807) is 4.90 Å². The first-order valence-electron chi connectivity index (χ1n) is 8.32. The van der Waals surface area contributed by atoms with E-state index >= 15 is 0 Å². The molecule has 6 heteroatoms. The van der Waals surface area contributed by atoms with Crippen molar-refractivity contribution in [2.45, 2.75) is 45.6 Å². The van der Waals surface area contributed by atoms with E-state index in [2.05, 4.69) is 5.32 Å². The molecule has 0 spiro atoms. The molecule has 0 unspecified atom stereocenters. The molecule has 3 nitrogen and oxygen atoms in total. The molecule has 0 aliphatic rings. The summed E-state index contributed by atoms with van der Waals surface area (Å²) in [5.41, 5.74) is 0.475. The fraction of sp³-hybridized carbons (Fsp3) is 0.350. The Morgan fingerprint density at radius 3 is 1.85 bits per heavy atom. The van der Waals surface area contributed by atoms with Crippen LogP contribution in [0.4, 0.5) is 18.0 Å². The maximum atomic E-state index is 12.7. The number of nitrogens with one attached hydrogen (secondary N) is 1. The summed E-state index contributed by atoms with van der Waals surface area (Å²) in [6.45, 7) is 6.22. The number of hydrogen-bond acceptors (Lipinski definition) is 1. The van der Waals surface area contributed by atoms with Gasteiger partial charge in [0.05, 0.1) is 5.56 Å². The highest BCUT2D eigenvalue weighted by molar-refractivity contribution is 5.75. The fourth-order valence-corrected chi connectivity index (χ4v) is 2.42. The maximum absolute atomic E-state index is 12.7. The van der Waals surface area contributed by atoms with Gasteiger partial charge in [0.2, 0.25) is 0 Å². The van der Waals surface area contributed by atoms with Gasteiger partial charge in [0.25, 0.3) is 0 Å². The van der Waals surface area contributed by atoms with E-state index in [1.165, 1.54) is 12.1 Å². The Morgan fingerprint density at radius 1 is 0.885 bits per heavy atom. The topological polar surface area (TPSA) is 32.3 Å². The van der Waals surface area contributed by atoms with Crippen LogP contribution in [0.25, 0.3) is 0 Å². The zero-order valence-electron chi connectivity index (χ0n) is 15.1. The fourth-order valence-electron chi connectivity index (χ4n) is 2.42. The van der Waals surface area contributed by atoms with Crippen molar-refractivity contribution in [1.29, 1.82) is 0 Å². The SMILES string of the molecule is CC(C)(C)NC(=O)N(Cc1ccccc1)Cc1ccc(C(F)(F)F)cc1. The first-order chi connectivity index (χ1) is 12.0. The van der Waals surface area contributed by atoms with E-state index in [4.69, 9.17) is 0 Å². The van der Waals surface area contributed by atoms with Gasteiger partial charge in [-0.1, -0.05) is 42.5 Å². The molecular weight excluding hydrogens is 341 g/mol. The van der Waals surface area contributed by atoms with Crippen molar-refractivity contribution in [1.82, 2.24) is 10.2 Å². The van der Waals surface area contributed by atoms with Crippen LogP contribution in [0.5, 0.6) is 0 Å². The van der Waals surface area contributed by atoms with Crippen LogP contribution in [0.3, 0.4) is 0 Å². The number of urea groups is 1. The number of amides is 2. The molecule has 2 amide bonds. The molecular formula is C20H23F3N2O. The van der Waals surface area contributed by atoms with Gasteiger partial charge in [-0.2, -0.15) is 13.2 Å². The molecule has 2 aromatic carbocycles. The molecule has 0 heterocycles. The molecule has 140 valence electrons. The van der Waals surface area contributed by atoms with Crippen LogP contribution in [-0.4, -0.2) is 16.5 Å². The van der Waals surface area contributed by atoms with Crippen LogP contribution in [0.15, 0.2) is 54.6 Å². The lowest BCUT2D eigenvalue weighted by Gasteiger charge is -2.29. The second kappa shape index (κ2) is 7.81. The Bertz CT molecular complexity index is 719. The quantitative estimate of drug-likeness (QED) is 0.793. The van der Waals surface area contributed by atoms with Gasteiger partial charge in [-0.3, -0.25) is 0 Å². The minimum Gasteiger partial charge on any atom is -0.333 e. The maximum Gasteiger partial charge on any atom is 0.416 e. The molecule has 0 fully saturated rings. The first-order valence-corrected chi connectivity index (χ1v) is 8.32. The number of hydrogen-bond donors (Lipinski definition) is 1. The van der Waals surface area contributed by atoms with Crippen molar-refractivity contribution in [3.05, 3.63) is 71.3 Å². The van der Waals surface area contributed by atoms with Gasteiger partial charge in [0.15, 0.2) is 0 Å². The molecule has 0 saturated heterocycles. The van der Waals surface area contributed by atoms with E-state index in [0.717, 1.165) is 17.7 Å². The van der Waals surface area contributed by atoms with Gasteiger partial charge in [-0.05, 0) is 44.0 Å². The largest absolute Gasteiger partial charge is 0.416 e. The number of carbonyl (C=O) groups is 1. The number of halogens is 3. The van der Waals surface area contributed by atoms with Gasteiger partial charge in [-0.15, -0.1) is 0 Å². The lowest BCUT2D eigenvalue weighted by molar-refractivity contribution is -0.137. The van der Waals surface area contributed by atoms with E-state index in [1.807, 2.05) is 51.1 Å². The predicted octanol–water partition coefficient (Wildman–Crippen LogP) is 5.22. The van der Waals surface area contributed by atoms with Gasteiger partial charge < -0.3 is 10.2 Å². The Labute approximate surface area is 151 Å². The lowest BCUT2D eigenvalue weighted by Crippen LogP contribution is -2.47. The molecule has 0 aliphatic carbocycles. The number of benzene rings is 2. The third-order valence-electron chi connectivity index (χ3n) is 3.64. The Hall–Kier alpha value is -2.50. The van der Waals surface area contributed by atoms with Gasteiger partial charge in [0.1, 0.15) is 0 Å². The van der Waals surface area contributed by atoms with Crippen molar-refractivity contribution in [3.8, 4) is 0 Å². The van der Waals surface area contributed by atoms with Crippen LogP contribution in [0, 0.1) is 0 Å². The van der Waals surface area contributed by atoms with Crippen molar-refractivity contribution in [3.63, 3.8) is 0 Å². The Balaban J connectivity index is 2.19. The zero-order valence-corrected chi connectivity index (χ0v) is 15.1. The average Bonchev–Trinajstić information content (AvgIpc) is 2.53. The highest BCUT2D eigenvalue weighted by Crippen LogP contribution is 2.29. The second-order valence-corrected chi connectivity index (χ2v) is 7.22. The highest BCUT2D eigenvalue weighted by Gasteiger charge is 2.30. The van der Waals surface area contributed by atoms with Crippen molar-refractivity contribution < 1.29 is 18.0 Å². The van der Waals surface area contributed by atoms with E-state index < -0.39 is 17.3 Å². The summed E-state index contributed by atoms with van der Waals surface area (Å²) in [7, 11) is 0. The summed E-state index contributed by atoms with van der Waals surface area (Å²) in [5, 5.41) is 2.90. The number of rotatable bonds is 4. The minimum absolute atomic E-state index is 0.217. The molecule has 26 heavy (non-hydrogen) atoms. The molecule has 1 N–H and O–H groups in total. The number of alkyl halides is 3. The Kier molecular flexibility index (Phi) is 5.95. The summed E-state index contributed by atoms with van der Waals surface area (Å²) in [5.74, 6) is 0. The van der Waals surface area contributed by atoms with Crippen LogP contribution in [0.1, 0.15) is 37.5 Å². The van der Waals surface area contributed by atoms with Crippen LogP contribution >= 0.6 is 0 Å². The summed E-state index contributed by atoms with van der Waals surface area (Å²) >= 11 is 0. The normalized spacial score (nSPS) is 11.9. The van der Waals surface area contributed by atoms with Gasteiger partial charge in [-0.25, -0.2) is 4.79 Å². The standard InChI is InChI=1S/C20H23F3N2O/c1-19(2,3)24-18(26)25(13-15-7-5-4-6-8-15)14-16-9-11-17(12-10-16)20(21,22)23/h4-12H,13-14H2,1-3H3,(H,24,26). The molecule has 0 bridgehead atoms. The van der Waals surface area contributed by atoms with Crippen LogP contribution in [0.2, 0.25) is 0 Å². The minimum atomic E-state index is -4.37. The molecule has 2 rings (SSSR count). The van der Waals surface area contributed by atoms with Crippen molar-refractivity contribution in [2.24, 2.45) is 0 Å². The summed E-state index contributed by atoms with van der Waals surface area (Å²) in [4.78, 5) is 14.2. The third kappa shape index (κ3) is 6.10. The number of carbonyl (C=O) groups excluding carboxylic acids is 1. The van der Waals surface area contributed by atoms with Gasteiger partial charge in [0, 0.05) is 18.6 Å². The average molecular weight is 364 g/mol. The summed E-state index contributed by atoms with van der Waals surface area (Å²) in [6.07, 6.45) is -4.37. The van der Waals surface area contributed by atoms with Gasteiger partial charge >= 0.3 is 12.2 Å². The lowest BCUT2D eigenvalue weighted by atomic mass is 10.1. The smallest absolute Gasteiger partial charge is 0.333 e. The number of nitrogens with zero attached hydrogens (tertiary/aromatic N) is 1. The van der Waals surface area contributed by atoms with E-state index in [-0.39, 0.29) is 12.6 Å². The molecule has 0 radical (unpaired) electrons. The summed E-state index contributed by atoms with van der Waals surface area (Å²) in [6, 6.07) is 14.1. The van der Waals surface area contributed by atoms with Crippen molar-refractivity contribution in [2.75, 3.05) is 0 Å². The van der Waals surface area contributed by atoms with Crippen LogP contribution in [-0.2, 0) is 19.3 Å².